The number of amides is 1. The Kier molecular flexibility index (Phi) is 5.49. The molecular weight excluding hydrogens is 384 g/mol. The maximum absolute atomic E-state index is 13.5. The number of piperidine rings is 1. The fraction of sp³-hybridized carbons (Fsp3) is 0.385. The quantitative estimate of drug-likeness (QED) is 0.633. The molecule has 3 heterocycles. The number of likely N-dealkylation sites (tertiary alicyclic amines) is 1. The van der Waals surface area contributed by atoms with Crippen molar-refractivity contribution in [2.45, 2.75) is 26.2 Å². The van der Waals surface area contributed by atoms with Crippen molar-refractivity contribution in [1.82, 2.24) is 9.88 Å². The fourth-order valence-corrected chi connectivity index (χ4v) is 4.90. The molecule has 1 amide bonds. The van der Waals surface area contributed by atoms with Gasteiger partial charge in [-0.1, -0.05) is 30.3 Å². The highest BCUT2D eigenvalue weighted by Gasteiger charge is 2.27. The van der Waals surface area contributed by atoms with Gasteiger partial charge < -0.3 is 14.7 Å². The average molecular weight is 415 g/mol. The van der Waals surface area contributed by atoms with Gasteiger partial charge in [-0.15, -0.1) is 0 Å². The molecule has 0 radical (unpaired) electrons. The van der Waals surface area contributed by atoms with Gasteiger partial charge in [-0.3, -0.25) is 9.78 Å². The van der Waals surface area contributed by atoms with Gasteiger partial charge in [0.2, 0.25) is 0 Å². The monoisotopic (exact) mass is 414 g/mol. The van der Waals surface area contributed by atoms with Crippen molar-refractivity contribution >= 4 is 28.2 Å². The second-order valence-corrected chi connectivity index (χ2v) is 8.70. The molecule has 0 N–H and O–H groups in total. The SMILES string of the molecule is Cc1cccc(N2CCN(c3c(C(=O)N4CCCCC4)cnc4ccccc34)CC2)c1. The summed E-state index contributed by atoms with van der Waals surface area (Å²) in [4.78, 5) is 25.0. The number of carbonyl (C=O) groups is 1. The highest BCUT2D eigenvalue weighted by Crippen LogP contribution is 2.32. The molecule has 5 rings (SSSR count). The van der Waals surface area contributed by atoms with Crippen molar-refractivity contribution in [2.24, 2.45) is 0 Å². The van der Waals surface area contributed by atoms with Gasteiger partial charge in [0.25, 0.3) is 5.91 Å². The molecule has 2 fully saturated rings. The third kappa shape index (κ3) is 3.97. The largest absolute Gasteiger partial charge is 0.368 e. The molecule has 0 saturated carbocycles. The molecule has 1 aromatic heterocycles. The maximum atomic E-state index is 13.5. The van der Waals surface area contributed by atoms with Crippen molar-refractivity contribution in [3.63, 3.8) is 0 Å². The van der Waals surface area contributed by atoms with Crippen LogP contribution in [0.3, 0.4) is 0 Å². The van der Waals surface area contributed by atoms with E-state index >= 15 is 0 Å². The number of pyridine rings is 1. The third-order valence-electron chi connectivity index (χ3n) is 6.58. The smallest absolute Gasteiger partial charge is 0.257 e. The topological polar surface area (TPSA) is 39.7 Å². The van der Waals surface area contributed by atoms with E-state index in [0.717, 1.165) is 74.3 Å². The van der Waals surface area contributed by atoms with Crippen molar-refractivity contribution in [3.8, 4) is 0 Å². The number of hydrogen-bond donors (Lipinski definition) is 0. The van der Waals surface area contributed by atoms with Crippen LogP contribution in [0.1, 0.15) is 35.2 Å². The Bertz CT molecular complexity index is 1080. The number of fused-ring (bicyclic) bond motifs is 1. The van der Waals surface area contributed by atoms with Gasteiger partial charge in [-0.25, -0.2) is 0 Å². The molecule has 3 aromatic rings. The number of piperazine rings is 1. The fourth-order valence-electron chi connectivity index (χ4n) is 4.90. The lowest BCUT2D eigenvalue weighted by Crippen LogP contribution is -2.47. The van der Waals surface area contributed by atoms with E-state index in [2.05, 4.69) is 52.0 Å². The Hall–Kier alpha value is -3.08. The van der Waals surface area contributed by atoms with E-state index in [4.69, 9.17) is 0 Å². The number of benzene rings is 2. The molecule has 0 aliphatic carbocycles. The second kappa shape index (κ2) is 8.58. The van der Waals surface area contributed by atoms with Crippen LogP contribution in [0.25, 0.3) is 10.9 Å². The number of rotatable bonds is 3. The lowest BCUT2D eigenvalue weighted by atomic mass is 10.0. The molecular formula is C26H30N4O. The number of carbonyl (C=O) groups excluding carboxylic acids is 1. The van der Waals surface area contributed by atoms with Gasteiger partial charge in [0.15, 0.2) is 0 Å². The first-order chi connectivity index (χ1) is 15.2. The number of nitrogens with zero attached hydrogens (tertiary/aromatic N) is 4. The molecule has 2 aliphatic heterocycles. The minimum atomic E-state index is 0.133. The molecule has 0 bridgehead atoms. The lowest BCUT2D eigenvalue weighted by molar-refractivity contribution is 0.0724. The van der Waals surface area contributed by atoms with Crippen molar-refractivity contribution in [1.29, 1.82) is 0 Å². The van der Waals surface area contributed by atoms with E-state index in [-0.39, 0.29) is 5.91 Å². The average Bonchev–Trinajstić information content (AvgIpc) is 2.83. The van der Waals surface area contributed by atoms with Crippen LogP contribution in [-0.4, -0.2) is 55.1 Å². The van der Waals surface area contributed by atoms with Crippen LogP contribution >= 0.6 is 0 Å². The minimum Gasteiger partial charge on any atom is -0.368 e. The van der Waals surface area contributed by atoms with Crippen LogP contribution < -0.4 is 9.80 Å². The molecule has 2 saturated heterocycles. The first kappa shape index (κ1) is 19.9. The maximum Gasteiger partial charge on any atom is 0.257 e. The number of aryl methyl sites for hydroxylation is 1. The Morgan fingerprint density at radius 1 is 0.839 bits per heavy atom. The lowest BCUT2D eigenvalue weighted by Gasteiger charge is -2.39. The molecule has 160 valence electrons. The Balaban J connectivity index is 1.46. The summed E-state index contributed by atoms with van der Waals surface area (Å²) in [5, 5.41) is 1.08. The van der Waals surface area contributed by atoms with E-state index < -0.39 is 0 Å². The van der Waals surface area contributed by atoms with Crippen LogP contribution in [0.4, 0.5) is 11.4 Å². The summed E-state index contributed by atoms with van der Waals surface area (Å²) in [6.45, 7) is 7.51. The van der Waals surface area contributed by atoms with Crippen LogP contribution in [0, 0.1) is 6.92 Å². The zero-order valence-corrected chi connectivity index (χ0v) is 18.3. The Morgan fingerprint density at radius 3 is 2.35 bits per heavy atom. The first-order valence-corrected chi connectivity index (χ1v) is 11.4. The molecule has 2 aliphatic rings. The molecule has 5 nitrogen and oxygen atoms in total. The number of hydrogen-bond acceptors (Lipinski definition) is 4. The predicted molar refractivity (Wildman–Crippen MR) is 127 cm³/mol. The van der Waals surface area contributed by atoms with Crippen LogP contribution in [0.2, 0.25) is 0 Å². The van der Waals surface area contributed by atoms with Gasteiger partial charge in [0.1, 0.15) is 0 Å². The number of aromatic nitrogens is 1. The van der Waals surface area contributed by atoms with Gasteiger partial charge in [-0.2, -0.15) is 0 Å². The van der Waals surface area contributed by atoms with Gasteiger partial charge in [0, 0.05) is 56.5 Å². The van der Waals surface area contributed by atoms with E-state index in [0.29, 0.717) is 0 Å². The zero-order valence-electron chi connectivity index (χ0n) is 18.3. The number of anilines is 2. The molecule has 2 aromatic carbocycles. The molecule has 31 heavy (non-hydrogen) atoms. The highest BCUT2D eigenvalue weighted by atomic mass is 16.2. The summed E-state index contributed by atoms with van der Waals surface area (Å²) < 4.78 is 0. The van der Waals surface area contributed by atoms with Crippen LogP contribution in [0.15, 0.2) is 54.7 Å². The Morgan fingerprint density at radius 2 is 1.58 bits per heavy atom. The Labute approximate surface area is 184 Å². The van der Waals surface area contributed by atoms with Crippen LogP contribution in [-0.2, 0) is 0 Å². The molecule has 0 unspecified atom stereocenters. The van der Waals surface area contributed by atoms with E-state index in [1.54, 1.807) is 0 Å². The van der Waals surface area contributed by atoms with Crippen molar-refractivity contribution in [3.05, 3.63) is 65.9 Å². The summed E-state index contributed by atoms with van der Waals surface area (Å²) in [5.41, 5.74) is 5.34. The summed E-state index contributed by atoms with van der Waals surface area (Å²) in [7, 11) is 0. The normalized spacial score (nSPS) is 17.3. The van der Waals surface area contributed by atoms with Gasteiger partial charge in [0.05, 0.1) is 16.8 Å². The van der Waals surface area contributed by atoms with Crippen molar-refractivity contribution in [2.75, 3.05) is 49.1 Å². The highest BCUT2D eigenvalue weighted by molar-refractivity contribution is 6.07. The molecule has 5 heteroatoms. The summed E-state index contributed by atoms with van der Waals surface area (Å²) in [6, 6.07) is 16.9. The summed E-state index contributed by atoms with van der Waals surface area (Å²) >= 11 is 0. The third-order valence-corrected chi connectivity index (χ3v) is 6.58. The van der Waals surface area contributed by atoms with Crippen molar-refractivity contribution < 1.29 is 4.79 Å². The summed E-state index contributed by atoms with van der Waals surface area (Å²) in [6.07, 6.45) is 5.21. The van der Waals surface area contributed by atoms with E-state index in [1.807, 2.05) is 29.3 Å². The van der Waals surface area contributed by atoms with Gasteiger partial charge >= 0.3 is 0 Å². The summed E-state index contributed by atoms with van der Waals surface area (Å²) in [5.74, 6) is 0.133. The van der Waals surface area contributed by atoms with Gasteiger partial charge in [-0.05, 0) is 49.9 Å². The molecule has 0 atom stereocenters. The van der Waals surface area contributed by atoms with Crippen LogP contribution in [0.5, 0.6) is 0 Å². The standard InChI is InChI=1S/C26H30N4O/c1-20-8-7-9-21(18-20)28-14-16-29(17-15-28)25-22-10-3-4-11-24(22)27-19-23(25)26(31)30-12-5-2-6-13-30/h3-4,7-11,18-19H,2,5-6,12-17H2,1H3. The molecule has 0 spiro atoms. The van der Waals surface area contributed by atoms with E-state index in [9.17, 15) is 4.79 Å². The predicted octanol–water partition coefficient (Wildman–Crippen LogP) is 4.50. The minimum absolute atomic E-state index is 0.133. The second-order valence-electron chi connectivity index (χ2n) is 8.70. The van der Waals surface area contributed by atoms with E-state index in [1.165, 1.54) is 17.7 Å². The number of para-hydroxylation sites is 1. The zero-order chi connectivity index (χ0) is 21.2. The first-order valence-electron chi connectivity index (χ1n) is 11.4.